The first kappa shape index (κ1) is 25.0. The van der Waals surface area contributed by atoms with E-state index in [0.717, 1.165) is 24.5 Å². The Labute approximate surface area is 189 Å². The third kappa shape index (κ3) is 9.31. The van der Waals surface area contributed by atoms with Gasteiger partial charge in [-0.15, -0.1) is 0 Å². The van der Waals surface area contributed by atoms with Crippen LogP contribution >= 0.6 is 9.53 Å². The maximum absolute atomic E-state index is 4.49. The van der Waals surface area contributed by atoms with Crippen LogP contribution in [0.15, 0.2) is 73.6 Å². The molecule has 8 heteroatoms. The van der Waals surface area contributed by atoms with Gasteiger partial charge in [-0.25, -0.2) is 0 Å². The van der Waals surface area contributed by atoms with Crippen molar-refractivity contribution >= 4 is 9.53 Å². The molecule has 6 nitrogen and oxygen atoms in total. The molecule has 4 rings (SSSR count). The second-order valence-electron chi connectivity index (χ2n) is 5.92. The Balaban J connectivity index is 0.000000259. The van der Waals surface area contributed by atoms with Crippen LogP contribution in [-0.4, -0.2) is 43.7 Å². The molecule has 0 saturated carbocycles. The normalized spacial score (nSPS) is 14.1. The second-order valence-corrected chi connectivity index (χ2v) is 5.92. The first-order valence-electron chi connectivity index (χ1n) is 8.49. The van der Waals surface area contributed by atoms with Crippen LogP contribution in [0.5, 0.6) is 0 Å². The topological polar surface area (TPSA) is 38.7 Å². The van der Waals surface area contributed by atoms with Crippen molar-refractivity contribution in [2.75, 3.05) is 14.1 Å². The third-order valence-corrected chi connectivity index (χ3v) is 3.63. The summed E-state index contributed by atoms with van der Waals surface area (Å²) in [7, 11) is 8.40. The van der Waals surface area contributed by atoms with Crippen molar-refractivity contribution in [3.05, 3.63) is 106 Å². The number of nitrogens with zero attached hydrogens (tertiary/aromatic N) is 6. The predicted molar refractivity (Wildman–Crippen MR) is 112 cm³/mol. The fourth-order valence-corrected chi connectivity index (χ4v) is 2.41. The van der Waals surface area contributed by atoms with E-state index in [0.29, 0.717) is 0 Å². The minimum absolute atomic E-state index is 0. The molecule has 0 aliphatic carbocycles. The molecule has 2 aromatic heterocycles. The summed E-state index contributed by atoms with van der Waals surface area (Å²) in [4.78, 5) is 16.2. The van der Waals surface area contributed by atoms with E-state index in [-0.39, 0.29) is 7.43 Å². The quantitative estimate of drug-likeness (QED) is 0.468. The Morgan fingerprint density at radius 2 is 1.17 bits per heavy atom. The van der Waals surface area contributed by atoms with Gasteiger partial charge in [-0.3, -0.25) is 9.97 Å². The molecule has 4 heterocycles. The molecule has 0 atom stereocenters. The monoisotopic (exact) mass is 502 g/mol. The Hall–Kier alpha value is -2.07. The van der Waals surface area contributed by atoms with E-state index in [1.54, 1.807) is 12.4 Å². The van der Waals surface area contributed by atoms with Gasteiger partial charge in [0, 0.05) is 51.3 Å². The summed E-state index contributed by atoms with van der Waals surface area (Å²) < 4.78 is 0. The maximum atomic E-state index is 4.49. The van der Waals surface area contributed by atoms with Gasteiger partial charge >= 0.3 is 27.7 Å². The van der Waals surface area contributed by atoms with Crippen LogP contribution in [-0.2, 0) is 31.3 Å². The summed E-state index contributed by atoms with van der Waals surface area (Å²) in [6.45, 7) is 7.79. The van der Waals surface area contributed by atoms with Crippen molar-refractivity contribution in [2.45, 2.75) is 13.1 Å². The fraction of sp³-hybridized carbons (Fsp3) is 0.190. The molecule has 0 spiro atoms. The minimum atomic E-state index is 0. The molecule has 0 fully saturated rings. The van der Waals surface area contributed by atoms with Crippen LogP contribution in [0.1, 0.15) is 11.4 Å². The number of pyridine rings is 2. The molecule has 2 aliphatic rings. The van der Waals surface area contributed by atoms with Crippen LogP contribution in [0.2, 0.25) is 0 Å². The molecule has 0 bridgehead atoms. The van der Waals surface area contributed by atoms with Crippen molar-refractivity contribution in [1.29, 1.82) is 0 Å². The summed E-state index contributed by atoms with van der Waals surface area (Å²) in [5, 5.41) is 0. The van der Waals surface area contributed by atoms with E-state index in [9.17, 15) is 0 Å². The molecule has 0 aromatic carbocycles. The SMILES string of the molecule is CN1[C]N(Cc2ccccn2)C=C1.CN1[C]N(Cc2ccccn2)C=C1.[CH3-].[Cl][Pd+]. The molecule has 29 heavy (non-hydrogen) atoms. The van der Waals surface area contributed by atoms with Crippen molar-refractivity contribution in [1.82, 2.24) is 29.6 Å². The molecule has 2 aromatic rings. The van der Waals surface area contributed by atoms with Gasteiger partial charge in [0.05, 0.1) is 24.5 Å². The third-order valence-electron chi connectivity index (χ3n) is 3.63. The molecule has 0 amide bonds. The van der Waals surface area contributed by atoms with Gasteiger partial charge in [0.15, 0.2) is 0 Å². The first-order valence-corrected chi connectivity index (χ1v) is 10.5. The van der Waals surface area contributed by atoms with E-state index < -0.39 is 0 Å². The van der Waals surface area contributed by atoms with Crippen molar-refractivity contribution < 1.29 is 18.2 Å². The molecular weight excluding hydrogens is 478 g/mol. The van der Waals surface area contributed by atoms with E-state index in [4.69, 9.17) is 0 Å². The summed E-state index contributed by atoms with van der Waals surface area (Å²) in [5.74, 6) is 0. The van der Waals surface area contributed by atoms with Crippen LogP contribution < -0.4 is 0 Å². The summed E-state index contributed by atoms with van der Waals surface area (Å²) in [5.41, 5.74) is 2.10. The molecular formula is C21H25ClN6Pd. The molecule has 0 unspecified atom stereocenters. The molecule has 2 aliphatic heterocycles. The van der Waals surface area contributed by atoms with E-state index in [2.05, 4.69) is 51.0 Å². The Morgan fingerprint density at radius 1 is 0.759 bits per heavy atom. The second kappa shape index (κ2) is 14.0. The van der Waals surface area contributed by atoms with Crippen LogP contribution in [0.25, 0.3) is 0 Å². The van der Waals surface area contributed by atoms with Gasteiger partial charge in [0.2, 0.25) is 13.3 Å². The zero-order valence-corrected chi connectivity index (χ0v) is 19.0. The molecule has 0 saturated heterocycles. The predicted octanol–water partition coefficient (Wildman–Crippen LogP) is 3.73. The average molecular weight is 503 g/mol. The van der Waals surface area contributed by atoms with Gasteiger partial charge < -0.3 is 27.0 Å². The first-order chi connectivity index (χ1) is 13.7. The van der Waals surface area contributed by atoms with Crippen molar-refractivity contribution in [2.24, 2.45) is 0 Å². The number of hydrogen-bond acceptors (Lipinski definition) is 6. The molecule has 4 radical (unpaired) electrons. The van der Waals surface area contributed by atoms with Gasteiger partial charge in [-0.2, -0.15) is 0 Å². The molecule has 156 valence electrons. The Bertz CT molecular complexity index is 665. The van der Waals surface area contributed by atoms with Gasteiger partial charge in [-0.05, 0) is 24.3 Å². The Kier molecular flexibility index (Phi) is 12.1. The number of hydrogen-bond donors (Lipinski definition) is 0. The number of rotatable bonds is 4. The van der Waals surface area contributed by atoms with Crippen molar-refractivity contribution in [3.8, 4) is 0 Å². The zero-order valence-electron chi connectivity index (χ0n) is 16.7. The van der Waals surface area contributed by atoms with Gasteiger partial charge in [0.1, 0.15) is 0 Å². The van der Waals surface area contributed by atoms with Crippen LogP contribution in [0.4, 0.5) is 0 Å². The Morgan fingerprint density at radius 3 is 1.45 bits per heavy atom. The summed E-state index contributed by atoms with van der Waals surface area (Å²) in [6.07, 6.45) is 11.5. The van der Waals surface area contributed by atoms with Crippen LogP contribution in [0.3, 0.4) is 0 Å². The van der Waals surface area contributed by atoms with E-state index in [1.165, 1.54) is 0 Å². The number of aromatic nitrogens is 2. The summed E-state index contributed by atoms with van der Waals surface area (Å²) in [6, 6.07) is 11.8. The average Bonchev–Trinajstić information content (AvgIpc) is 3.33. The van der Waals surface area contributed by atoms with E-state index in [1.807, 2.05) is 94.9 Å². The zero-order chi connectivity index (χ0) is 20.2. The van der Waals surface area contributed by atoms with Gasteiger partial charge in [-0.1, -0.05) is 12.1 Å². The summed E-state index contributed by atoms with van der Waals surface area (Å²) >= 11 is 2.22. The standard InChI is InChI=1S/2C10H11N3.CH3.ClH.Pd/c2*1-12-6-7-13(9-12)8-10-4-2-3-5-11-10;;;/h2*2-7H,8H2,1H3;1H3;1H;/q;;-1;;+2/p-1. The van der Waals surface area contributed by atoms with Crippen molar-refractivity contribution in [3.63, 3.8) is 0 Å². The molecule has 0 N–H and O–H groups in total. The van der Waals surface area contributed by atoms with Crippen LogP contribution in [0, 0.1) is 20.8 Å². The fourth-order valence-electron chi connectivity index (χ4n) is 2.41. The number of halogens is 1. The van der Waals surface area contributed by atoms with Gasteiger partial charge in [0.25, 0.3) is 0 Å². The van der Waals surface area contributed by atoms with E-state index >= 15 is 0 Å².